The lowest BCUT2D eigenvalue weighted by atomic mass is 9.77. The molecule has 2 aliphatic rings. The largest absolute Gasteiger partial charge is 0.376 e. The first kappa shape index (κ1) is 17.3. The maximum Gasteiger partial charge on any atom is 0.0776 e. The minimum atomic E-state index is 0.207. The summed E-state index contributed by atoms with van der Waals surface area (Å²) in [5.74, 6) is 3.01. The molecule has 2 rings (SSSR count). The van der Waals surface area contributed by atoms with Crippen LogP contribution in [-0.4, -0.2) is 25.3 Å². The number of fused-ring (bicyclic) bond motifs is 2. The zero-order valence-electron chi connectivity index (χ0n) is 15.0. The van der Waals surface area contributed by atoms with Crippen molar-refractivity contribution in [2.75, 3.05) is 13.2 Å². The summed E-state index contributed by atoms with van der Waals surface area (Å²) in [5, 5.41) is 3.82. The first-order valence-electron chi connectivity index (χ1n) is 9.30. The molecule has 21 heavy (non-hydrogen) atoms. The molecule has 0 aromatic heterocycles. The third-order valence-corrected chi connectivity index (χ3v) is 5.66. The Bertz CT molecular complexity index is 309. The van der Waals surface area contributed by atoms with Crippen LogP contribution in [0, 0.1) is 23.2 Å². The molecule has 0 amide bonds. The van der Waals surface area contributed by atoms with Crippen LogP contribution in [0.1, 0.15) is 73.1 Å². The maximum atomic E-state index is 6.19. The highest BCUT2D eigenvalue weighted by molar-refractivity contribution is 4.95. The molecule has 2 aliphatic carbocycles. The number of hydrogen-bond donors (Lipinski definition) is 1. The molecule has 0 saturated heterocycles. The van der Waals surface area contributed by atoms with E-state index in [1.54, 1.807) is 0 Å². The summed E-state index contributed by atoms with van der Waals surface area (Å²) in [6.07, 6.45) is 8.85. The zero-order valence-corrected chi connectivity index (χ0v) is 15.0. The predicted molar refractivity (Wildman–Crippen MR) is 90.5 cm³/mol. The Balaban J connectivity index is 2.01. The highest BCUT2D eigenvalue weighted by Gasteiger charge is 2.42. The van der Waals surface area contributed by atoms with Gasteiger partial charge in [-0.1, -0.05) is 34.1 Å². The minimum Gasteiger partial charge on any atom is -0.376 e. The summed E-state index contributed by atoms with van der Waals surface area (Å²) >= 11 is 0. The fourth-order valence-electron chi connectivity index (χ4n) is 4.78. The smallest absolute Gasteiger partial charge is 0.0776 e. The van der Waals surface area contributed by atoms with E-state index in [0.29, 0.717) is 12.1 Å². The average molecular weight is 296 g/mol. The summed E-state index contributed by atoms with van der Waals surface area (Å²) in [6, 6.07) is 0.522. The second kappa shape index (κ2) is 7.46. The minimum absolute atomic E-state index is 0.207. The van der Waals surface area contributed by atoms with Crippen molar-refractivity contribution in [3.8, 4) is 0 Å². The van der Waals surface area contributed by atoms with Crippen LogP contribution in [0.15, 0.2) is 0 Å². The monoisotopic (exact) mass is 295 g/mol. The van der Waals surface area contributed by atoms with E-state index < -0.39 is 0 Å². The van der Waals surface area contributed by atoms with Crippen LogP contribution in [0.3, 0.4) is 0 Å². The highest BCUT2D eigenvalue weighted by atomic mass is 16.5. The van der Waals surface area contributed by atoms with Crippen LogP contribution in [0.25, 0.3) is 0 Å². The van der Waals surface area contributed by atoms with E-state index in [1.165, 1.54) is 38.5 Å². The normalized spacial score (nSPS) is 31.6. The van der Waals surface area contributed by atoms with Crippen LogP contribution < -0.4 is 5.32 Å². The van der Waals surface area contributed by atoms with Crippen molar-refractivity contribution in [1.29, 1.82) is 0 Å². The Morgan fingerprint density at radius 2 is 1.90 bits per heavy atom. The standard InChI is InChI=1S/C19H37NO/c1-6-10-20-17(18(21-7-2)19(3,4)5)13-16-12-14-8-9-15(16)11-14/h14-18,20H,6-13H2,1-5H3. The highest BCUT2D eigenvalue weighted by Crippen LogP contribution is 2.50. The van der Waals surface area contributed by atoms with Crippen molar-refractivity contribution in [3.05, 3.63) is 0 Å². The molecule has 2 saturated carbocycles. The summed E-state index contributed by atoms with van der Waals surface area (Å²) < 4.78 is 6.19. The maximum absolute atomic E-state index is 6.19. The summed E-state index contributed by atoms with van der Waals surface area (Å²) in [7, 11) is 0. The van der Waals surface area contributed by atoms with E-state index in [9.17, 15) is 0 Å². The molecule has 0 spiro atoms. The Hall–Kier alpha value is -0.0800. The van der Waals surface area contributed by atoms with Crippen molar-refractivity contribution in [2.45, 2.75) is 85.3 Å². The third kappa shape index (κ3) is 4.45. The Morgan fingerprint density at radius 3 is 2.38 bits per heavy atom. The SMILES string of the molecule is CCCNC(CC1CC2CCC1C2)C(OCC)C(C)(C)C. The topological polar surface area (TPSA) is 21.3 Å². The van der Waals surface area contributed by atoms with E-state index in [1.807, 2.05) is 0 Å². The van der Waals surface area contributed by atoms with Crippen molar-refractivity contribution < 1.29 is 4.74 Å². The average Bonchev–Trinajstić information content (AvgIpc) is 3.02. The van der Waals surface area contributed by atoms with Crippen LogP contribution in [0.4, 0.5) is 0 Å². The van der Waals surface area contributed by atoms with E-state index >= 15 is 0 Å². The summed E-state index contributed by atoms with van der Waals surface area (Å²) in [6.45, 7) is 13.3. The fraction of sp³-hybridized carbons (Fsp3) is 1.00. The molecule has 0 aromatic carbocycles. The van der Waals surface area contributed by atoms with Crippen molar-refractivity contribution in [1.82, 2.24) is 5.32 Å². The van der Waals surface area contributed by atoms with Gasteiger partial charge in [-0.2, -0.15) is 0 Å². The second-order valence-corrected chi connectivity index (χ2v) is 8.47. The van der Waals surface area contributed by atoms with Gasteiger partial charge in [-0.15, -0.1) is 0 Å². The summed E-state index contributed by atoms with van der Waals surface area (Å²) in [5.41, 5.74) is 0.207. The lowest BCUT2D eigenvalue weighted by molar-refractivity contribution is -0.0420. The van der Waals surface area contributed by atoms with Gasteiger partial charge in [0.1, 0.15) is 0 Å². The van der Waals surface area contributed by atoms with E-state index in [2.05, 4.69) is 39.9 Å². The van der Waals surface area contributed by atoms with Crippen LogP contribution in [-0.2, 0) is 4.74 Å². The molecule has 0 radical (unpaired) electrons. The molecule has 2 heteroatoms. The molecule has 5 unspecified atom stereocenters. The van der Waals surface area contributed by atoms with Crippen molar-refractivity contribution in [3.63, 3.8) is 0 Å². The van der Waals surface area contributed by atoms with Crippen LogP contribution in [0.2, 0.25) is 0 Å². The Labute approximate surface area is 132 Å². The lowest BCUT2D eigenvalue weighted by Gasteiger charge is -2.39. The number of rotatable bonds is 8. The molecule has 1 N–H and O–H groups in total. The first-order chi connectivity index (χ1) is 9.95. The molecule has 2 fully saturated rings. The van der Waals surface area contributed by atoms with Gasteiger partial charge in [0.25, 0.3) is 0 Å². The molecule has 0 aromatic rings. The quantitative estimate of drug-likeness (QED) is 0.705. The van der Waals surface area contributed by atoms with E-state index in [0.717, 1.165) is 30.9 Å². The molecule has 0 heterocycles. The van der Waals surface area contributed by atoms with Gasteiger partial charge in [0.15, 0.2) is 0 Å². The van der Waals surface area contributed by atoms with Crippen LogP contribution >= 0.6 is 0 Å². The van der Waals surface area contributed by atoms with Gasteiger partial charge >= 0.3 is 0 Å². The van der Waals surface area contributed by atoms with Gasteiger partial charge in [0.2, 0.25) is 0 Å². The van der Waals surface area contributed by atoms with Gasteiger partial charge in [-0.3, -0.25) is 0 Å². The fourth-order valence-corrected chi connectivity index (χ4v) is 4.78. The zero-order chi connectivity index (χ0) is 15.5. The Kier molecular flexibility index (Phi) is 6.14. The molecule has 2 bridgehead atoms. The van der Waals surface area contributed by atoms with Gasteiger partial charge in [-0.05, 0) is 68.7 Å². The van der Waals surface area contributed by atoms with Gasteiger partial charge in [0, 0.05) is 12.6 Å². The number of ether oxygens (including phenoxy) is 1. The lowest BCUT2D eigenvalue weighted by Crippen LogP contribution is -2.49. The molecular weight excluding hydrogens is 258 g/mol. The third-order valence-electron chi connectivity index (χ3n) is 5.66. The predicted octanol–water partition coefficient (Wildman–Crippen LogP) is 4.63. The van der Waals surface area contributed by atoms with E-state index in [4.69, 9.17) is 4.74 Å². The second-order valence-electron chi connectivity index (χ2n) is 8.47. The van der Waals surface area contributed by atoms with E-state index in [-0.39, 0.29) is 5.41 Å². The number of hydrogen-bond acceptors (Lipinski definition) is 2. The molecule has 0 aliphatic heterocycles. The molecular formula is C19H37NO. The van der Waals surface area contributed by atoms with Gasteiger partial charge < -0.3 is 10.1 Å². The Morgan fingerprint density at radius 1 is 1.14 bits per heavy atom. The molecule has 2 nitrogen and oxygen atoms in total. The van der Waals surface area contributed by atoms with Crippen molar-refractivity contribution in [2.24, 2.45) is 23.2 Å². The molecule has 5 atom stereocenters. The van der Waals surface area contributed by atoms with Gasteiger partial charge in [-0.25, -0.2) is 0 Å². The van der Waals surface area contributed by atoms with Gasteiger partial charge in [0.05, 0.1) is 6.10 Å². The molecule has 124 valence electrons. The van der Waals surface area contributed by atoms with Crippen LogP contribution in [0.5, 0.6) is 0 Å². The van der Waals surface area contributed by atoms with Crippen molar-refractivity contribution >= 4 is 0 Å². The summed E-state index contributed by atoms with van der Waals surface area (Å²) in [4.78, 5) is 0. The number of nitrogens with one attached hydrogen (secondary N) is 1. The first-order valence-corrected chi connectivity index (χ1v) is 9.30.